The molecule has 0 atom stereocenters. The third-order valence-corrected chi connectivity index (χ3v) is 3.90. The highest BCUT2D eigenvalue weighted by Crippen LogP contribution is 2.22. The second-order valence-corrected chi connectivity index (χ2v) is 5.70. The number of halogens is 3. The fourth-order valence-electron chi connectivity index (χ4n) is 2.62. The summed E-state index contributed by atoms with van der Waals surface area (Å²) in [6.45, 7) is -0.355. The Labute approximate surface area is 138 Å². The van der Waals surface area contributed by atoms with Crippen LogP contribution in [0, 0.1) is 5.82 Å². The maximum atomic E-state index is 13.1. The van der Waals surface area contributed by atoms with Gasteiger partial charge in [-0.25, -0.2) is 4.39 Å². The first-order valence-corrected chi connectivity index (χ1v) is 7.88. The number of hydrogen-bond donors (Lipinski definition) is 2. The first-order chi connectivity index (χ1) is 11.5. The lowest BCUT2D eigenvalue weighted by Crippen LogP contribution is -2.37. The van der Waals surface area contributed by atoms with Crippen molar-refractivity contribution in [3.63, 3.8) is 0 Å². The van der Waals surface area contributed by atoms with Gasteiger partial charge in [-0.15, -0.1) is 0 Å². The SMILES string of the molecule is O=C(NCCCN1CCC(O)CC1)c1ccc(F)cc1OC(F)F. The highest BCUT2D eigenvalue weighted by atomic mass is 19.3. The van der Waals surface area contributed by atoms with Gasteiger partial charge < -0.3 is 20.1 Å². The van der Waals surface area contributed by atoms with E-state index in [0.29, 0.717) is 13.0 Å². The highest BCUT2D eigenvalue weighted by molar-refractivity contribution is 5.96. The van der Waals surface area contributed by atoms with Crippen LogP contribution in [0.4, 0.5) is 13.2 Å². The number of piperidine rings is 1. The smallest absolute Gasteiger partial charge is 0.387 e. The summed E-state index contributed by atoms with van der Waals surface area (Å²) in [4.78, 5) is 14.2. The number of ether oxygens (including phenoxy) is 1. The van der Waals surface area contributed by atoms with Gasteiger partial charge in [-0.1, -0.05) is 0 Å². The van der Waals surface area contributed by atoms with E-state index in [1.54, 1.807) is 0 Å². The van der Waals surface area contributed by atoms with Gasteiger partial charge in [0.05, 0.1) is 11.7 Å². The molecule has 1 fully saturated rings. The van der Waals surface area contributed by atoms with Gasteiger partial charge in [0, 0.05) is 25.7 Å². The minimum absolute atomic E-state index is 0.127. The number of hydrogen-bond acceptors (Lipinski definition) is 4. The van der Waals surface area contributed by atoms with Crippen LogP contribution in [0.25, 0.3) is 0 Å². The lowest BCUT2D eigenvalue weighted by atomic mass is 10.1. The molecule has 1 aliphatic rings. The number of amides is 1. The van der Waals surface area contributed by atoms with Gasteiger partial charge in [-0.05, 0) is 37.9 Å². The van der Waals surface area contributed by atoms with Crippen LogP contribution in [0.2, 0.25) is 0 Å². The molecule has 0 spiro atoms. The molecule has 1 saturated heterocycles. The molecule has 0 radical (unpaired) electrons. The van der Waals surface area contributed by atoms with E-state index >= 15 is 0 Å². The molecule has 0 aliphatic carbocycles. The summed E-state index contributed by atoms with van der Waals surface area (Å²) in [5, 5.41) is 12.0. The van der Waals surface area contributed by atoms with E-state index in [0.717, 1.165) is 50.7 Å². The fraction of sp³-hybridized carbons (Fsp3) is 0.562. The molecule has 1 heterocycles. The van der Waals surface area contributed by atoms with Crippen molar-refractivity contribution in [3.05, 3.63) is 29.6 Å². The van der Waals surface area contributed by atoms with Crippen molar-refractivity contribution < 1.29 is 27.8 Å². The Balaban J connectivity index is 1.80. The minimum atomic E-state index is -3.13. The summed E-state index contributed by atoms with van der Waals surface area (Å²) in [6.07, 6.45) is 1.95. The fourth-order valence-corrected chi connectivity index (χ4v) is 2.62. The van der Waals surface area contributed by atoms with Crippen molar-refractivity contribution in [1.29, 1.82) is 0 Å². The maximum absolute atomic E-state index is 13.1. The molecule has 0 bridgehead atoms. The summed E-state index contributed by atoms with van der Waals surface area (Å²) in [6, 6.07) is 2.90. The lowest BCUT2D eigenvalue weighted by molar-refractivity contribution is -0.0503. The molecule has 24 heavy (non-hydrogen) atoms. The zero-order valence-corrected chi connectivity index (χ0v) is 13.2. The van der Waals surface area contributed by atoms with Crippen LogP contribution in [0.1, 0.15) is 29.6 Å². The largest absolute Gasteiger partial charge is 0.434 e. The van der Waals surface area contributed by atoms with Crippen LogP contribution in [-0.4, -0.2) is 54.8 Å². The zero-order valence-electron chi connectivity index (χ0n) is 13.2. The molecule has 8 heteroatoms. The van der Waals surface area contributed by atoms with Crippen molar-refractivity contribution >= 4 is 5.91 Å². The van der Waals surface area contributed by atoms with Crippen molar-refractivity contribution in [2.24, 2.45) is 0 Å². The second kappa shape index (κ2) is 8.89. The molecule has 2 N–H and O–H groups in total. The quantitative estimate of drug-likeness (QED) is 0.742. The number of rotatable bonds is 7. The van der Waals surface area contributed by atoms with E-state index in [9.17, 15) is 23.1 Å². The average molecular weight is 346 g/mol. The molecule has 5 nitrogen and oxygen atoms in total. The monoisotopic (exact) mass is 346 g/mol. The Morgan fingerprint density at radius 1 is 1.38 bits per heavy atom. The Hall–Kier alpha value is -1.80. The number of aliphatic hydroxyl groups is 1. The average Bonchev–Trinajstić information content (AvgIpc) is 2.52. The number of likely N-dealkylation sites (tertiary alicyclic amines) is 1. The van der Waals surface area contributed by atoms with Gasteiger partial charge >= 0.3 is 6.61 Å². The van der Waals surface area contributed by atoms with Crippen molar-refractivity contribution in [3.8, 4) is 5.75 Å². The molecule has 1 aliphatic heterocycles. The second-order valence-electron chi connectivity index (χ2n) is 5.70. The molecule has 1 aromatic rings. The van der Waals surface area contributed by atoms with Crippen molar-refractivity contribution in [2.45, 2.75) is 32.0 Å². The molecular weight excluding hydrogens is 325 g/mol. The Kier molecular flexibility index (Phi) is 6.86. The summed E-state index contributed by atoms with van der Waals surface area (Å²) in [5.41, 5.74) is -0.127. The maximum Gasteiger partial charge on any atom is 0.387 e. The number of carbonyl (C=O) groups is 1. The van der Waals surface area contributed by atoms with Gasteiger partial charge in [0.15, 0.2) is 0 Å². The molecule has 0 saturated carbocycles. The Morgan fingerprint density at radius 3 is 2.75 bits per heavy atom. The van der Waals surface area contributed by atoms with Gasteiger partial charge in [0.25, 0.3) is 5.91 Å². The summed E-state index contributed by atoms with van der Waals surface area (Å²) in [5.74, 6) is -1.82. The number of alkyl halides is 2. The number of nitrogens with one attached hydrogen (secondary N) is 1. The Morgan fingerprint density at radius 2 is 2.08 bits per heavy atom. The van der Waals surface area contributed by atoms with E-state index in [2.05, 4.69) is 15.0 Å². The van der Waals surface area contributed by atoms with Gasteiger partial charge in [0.1, 0.15) is 11.6 Å². The van der Waals surface area contributed by atoms with Crippen LogP contribution in [0.3, 0.4) is 0 Å². The van der Waals surface area contributed by atoms with Crippen LogP contribution in [0.5, 0.6) is 5.75 Å². The van der Waals surface area contributed by atoms with E-state index < -0.39 is 24.1 Å². The highest BCUT2D eigenvalue weighted by Gasteiger charge is 2.18. The van der Waals surface area contributed by atoms with Crippen molar-refractivity contribution in [1.82, 2.24) is 10.2 Å². The van der Waals surface area contributed by atoms with Gasteiger partial charge in [-0.3, -0.25) is 4.79 Å². The summed E-state index contributed by atoms with van der Waals surface area (Å²) < 4.78 is 42.0. The van der Waals surface area contributed by atoms with Crippen molar-refractivity contribution in [2.75, 3.05) is 26.2 Å². The molecule has 1 amide bonds. The lowest BCUT2D eigenvalue weighted by Gasteiger charge is -2.29. The molecule has 134 valence electrons. The molecule has 0 unspecified atom stereocenters. The van der Waals surface area contributed by atoms with E-state index in [1.807, 2.05) is 0 Å². The van der Waals surface area contributed by atoms with Crippen LogP contribution < -0.4 is 10.1 Å². The molecular formula is C16H21F3N2O3. The first-order valence-electron chi connectivity index (χ1n) is 7.88. The number of benzene rings is 1. The van der Waals surface area contributed by atoms with Crippen LogP contribution >= 0.6 is 0 Å². The van der Waals surface area contributed by atoms with E-state index in [-0.39, 0.29) is 11.7 Å². The Bertz CT molecular complexity index is 549. The third kappa shape index (κ3) is 5.68. The third-order valence-electron chi connectivity index (χ3n) is 3.90. The molecule has 2 rings (SSSR count). The minimum Gasteiger partial charge on any atom is -0.434 e. The summed E-state index contributed by atoms with van der Waals surface area (Å²) in [7, 11) is 0. The topological polar surface area (TPSA) is 61.8 Å². The summed E-state index contributed by atoms with van der Waals surface area (Å²) >= 11 is 0. The van der Waals surface area contributed by atoms with E-state index in [4.69, 9.17) is 0 Å². The predicted molar refractivity (Wildman–Crippen MR) is 81.7 cm³/mol. The van der Waals surface area contributed by atoms with Crippen LogP contribution in [-0.2, 0) is 0 Å². The normalized spacial score (nSPS) is 16.4. The van der Waals surface area contributed by atoms with Gasteiger partial charge in [0.2, 0.25) is 0 Å². The number of carbonyl (C=O) groups excluding carboxylic acids is 1. The predicted octanol–water partition coefficient (Wildman–Crippen LogP) is 2.00. The standard InChI is InChI=1S/C16H21F3N2O3/c17-11-2-3-13(14(10-11)24-16(18)19)15(23)20-6-1-7-21-8-4-12(22)5-9-21/h2-3,10,12,16,22H,1,4-9H2,(H,20,23). The van der Waals surface area contributed by atoms with Gasteiger partial charge in [-0.2, -0.15) is 8.78 Å². The molecule has 1 aromatic carbocycles. The van der Waals surface area contributed by atoms with E-state index in [1.165, 1.54) is 0 Å². The first kappa shape index (κ1) is 18.5. The number of aliphatic hydroxyl groups excluding tert-OH is 1. The zero-order chi connectivity index (χ0) is 17.5. The molecule has 0 aromatic heterocycles. The van der Waals surface area contributed by atoms with Crippen LogP contribution in [0.15, 0.2) is 18.2 Å². The number of nitrogens with zero attached hydrogens (tertiary/aromatic N) is 1.